The average molecular weight is 448 g/mol. The second kappa shape index (κ2) is 10.4. The molecule has 1 aromatic carbocycles. The quantitative estimate of drug-likeness (QED) is 0.475. The lowest BCUT2D eigenvalue weighted by molar-refractivity contribution is -0.137. The van der Waals surface area contributed by atoms with E-state index in [0.29, 0.717) is 17.1 Å². The minimum Gasteiger partial charge on any atom is -0.481 e. The number of nitrogens with two attached hydrogens (primary N) is 2. The fraction of sp³-hybridized carbons (Fsp3) is 0.150. The Morgan fingerprint density at radius 1 is 1.16 bits per heavy atom. The van der Waals surface area contributed by atoms with E-state index >= 15 is 0 Å². The first-order valence-electron chi connectivity index (χ1n) is 8.83. The zero-order chi connectivity index (χ0) is 21.7. The Kier molecular flexibility index (Phi) is 7.94. The third kappa shape index (κ3) is 6.43. The largest absolute Gasteiger partial charge is 0.481 e. The van der Waals surface area contributed by atoms with E-state index in [2.05, 4.69) is 15.0 Å². The van der Waals surface area contributed by atoms with Crippen LogP contribution in [-0.4, -0.2) is 38.0 Å². The van der Waals surface area contributed by atoms with Crippen LogP contribution in [0.15, 0.2) is 48.9 Å². The number of hydrogen-bond donors (Lipinski definition) is 3. The molecule has 5 N–H and O–H groups in total. The second-order valence-electron chi connectivity index (χ2n) is 6.46. The van der Waals surface area contributed by atoms with E-state index in [0.717, 1.165) is 17.8 Å². The van der Waals surface area contributed by atoms with Crippen LogP contribution in [0.4, 0.5) is 4.39 Å². The predicted octanol–water partition coefficient (Wildman–Crippen LogP) is 2.34. The van der Waals surface area contributed by atoms with Crippen molar-refractivity contribution >= 4 is 24.3 Å². The number of aliphatic carboxylic acids is 1. The van der Waals surface area contributed by atoms with Gasteiger partial charge in [-0.15, -0.1) is 12.4 Å². The average Bonchev–Trinajstić information content (AvgIpc) is 2.69. The summed E-state index contributed by atoms with van der Waals surface area (Å²) in [7, 11) is 0. The van der Waals surface area contributed by atoms with Gasteiger partial charge < -0.3 is 21.3 Å². The number of carboxylic acid groups (broad SMARTS) is 1. The van der Waals surface area contributed by atoms with Crippen molar-refractivity contribution in [1.29, 1.82) is 0 Å². The second-order valence-corrected chi connectivity index (χ2v) is 6.46. The number of carboxylic acids is 1. The van der Waals surface area contributed by atoms with Crippen molar-refractivity contribution in [3.05, 3.63) is 66.0 Å². The molecule has 0 aliphatic carbocycles. The highest BCUT2D eigenvalue weighted by molar-refractivity contribution is 5.92. The van der Waals surface area contributed by atoms with Gasteiger partial charge in [0.25, 0.3) is 5.88 Å². The van der Waals surface area contributed by atoms with Crippen LogP contribution in [0.1, 0.15) is 22.5 Å². The summed E-state index contributed by atoms with van der Waals surface area (Å²) in [6.07, 6.45) is 4.34. The number of carbonyl (C=O) groups excluding carboxylic acids is 1. The number of benzene rings is 1. The Morgan fingerprint density at radius 2 is 1.87 bits per heavy atom. The van der Waals surface area contributed by atoms with Crippen LogP contribution < -0.4 is 16.2 Å². The summed E-state index contributed by atoms with van der Waals surface area (Å²) >= 11 is 0. The molecule has 0 radical (unpaired) electrons. The molecule has 3 rings (SSSR count). The molecule has 1 amide bonds. The summed E-state index contributed by atoms with van der Waals surface area (Å²) < 4.78 is 19.4. The number of amides is 1. The van der Waals surface area contributed by atoms with E-state index in [-0.39, 0.29) is 36.7 Å². The Hall–Kier alpha value is -3.63. The molecule has 3 aromatic rings. The minimum atomic E-state index is -0.975. The molecule has 0 bridgehead atoms. The van der Waals surface area contributed by atoms with Crippen LogP contribution in [0.3, 0.4) is 0 Å². The first-order valence-corrected chi connectivity index (χ1v) is 8.83. The number of rotatable bonds is 8. The van der Waals surface area contributed by atoms with Gasteiger partial charge in [-0.1, -0.05) is 0 Å². The molecule has 0 aliphatic heterocycles. The van der Waals surface area contributed by atoms with Crippen LogP contribution in [0.25, 0.3) is 11.3 Å². The van der Waals surface area contributed by atoms with Crippen molar-refractivity contribution in [2.45, 2.75) is 18.9 Å². The van der Waals surface area contributed by atoms with E-state index in [1.165, 1.54) is 6.20 Å². The molecule has 0 saturated heterocycles. The number of pyridine rings is 1. The van der Waals surface area contributed by atoms with Gasteiger partial charge >= 0.3 is 5.97 Å². The summed E-state index contributed by atoms with van der Waals surface area (Å²) in [5.74, 6) is -2.54. The van der Waals surface area contributed by atoms with Gasteiger partial charge in [-0.05, 0) is 30.3 Å². The molecule has 31 heavy (non-hydrogen) atoms. The van der Waals surface area contributed by atoms with Gasteiger partial charge in [0.1, 0.15) is 5.75 Å². The summed E-state index contributed by atoms with van der Waals surface area (Å²) in [5, 5.41) is 8.80. The number of aromatic nitrogens is 3. The number of primary amides is 1. The topological polar surface area (TPSA) is 154 Å². The lowest BCUT2D eigenvalue weighted by Crippen LogP contribution is -2.26. The minimum absolute atomic E-state index is 0. The van der Waals surface area contributed by atoms with Gasteiger partial charge in [0.05, 0.1) is 29.6 Å². The molecule has 162 valence electrons. The van der Waals surface area contributed by atoms with Gasteiger partial charge in [-0.3, -0.25) is 14.6 Å². The highest BCUT2D eigenvalue weighted by atomic mass is 35.5. The van der Waals surface area contributed by atoms with E-state index in [1.54, 1.807) is 30.5 Å². The van der Waals surface area contributed by atoms with Crippen LogP contribution in [0, 0.1) is 5.82 Å². The third-order valence-electron chi connectivity index (χ3n) is 4.05. The van der Waals surface area contributed by atoms with Crippen molar-refractivity contribution in [2.24, 2.45) is 11.5 Å². The SMILES string of the molecule is Cl.NC(=O)c1cnc(Oc2ccc(-c3cncc(CC(N)CC(=O)O)n3)cc2)c(F)c1. The first-order chi connectivity index (χ1) is 14.3. The molecule has 0 saturated carbocycles. The Balaban J connectivity index is 0.00000341. The molecule has 1 unspecified atom stereocenters. The summed E-state index contributed by atoms with van der Waals surface area (Å²) in [4.78, 5) is 34.1. The van der Waals surface area contributed by atoms with Crippen LogP contribution in [-0.2, 0) is 11.2 Å². The highest BCUT2D eigenvalue weighted by Gasteiger charge is 2.13. The maximum atomic E-state index is 14.0. The standard InChI is InChI=1S/C20H18FN5O4.ClH/c21-16-5-12(19(23)29)8-25-20(16)30-15-3-1-11(2-4-15)17-10-24-9-14(26-17)6-13(22)7-18(27)28;/h1-5,8-10,13H,6-7,22H2,(H2,23,29)(H,27,28);1H. The van der Waals surface area contributed by atoms with Gasteiger partial charge in [-0.2, -0.15) is 0 Å². The number of nitrogens with zero attached hydrogens (tertiary/aromatic N) is 3. The zero-order valence-electron chi connectivity index (χ0n) is 16.1. The molecule has 0 spiro atoms. The molecule has 0 fully saturated rings. The van der Waals surface area contributed by atoms with E-state index in [9.17, 15) is 14.0 Å². The van der Waals surface area contributed by atoms with Gasteiger partial charge in [0, 0.05) is 30.4 Å². The molecule has 2 aromatic heterocycles. The van der Waals surface area contributed by atoms with E-state index < -0.39 is 23.7 Å². The number of carbonyl (C=O) groups is 2. The number of ether oxygens (including phenoxy) is 1. The third-order valence-corrected chi connectivity index (χ3v) is 4.05. The van der Waals surface area contributed by atoms with Gasteiger partial charge in [-0.25, -0.2) is 14.4 Å². The molecular weight excluding hydrogens is 429 g/mol. The fourth-order valence-corrected chi connectivity index (χ4v) is 2.65. The highest BCUT2D eigenvalue weighted by Crippen LogP contribution is 2.25. The fourth-order valence-electron chi connectivity index (χ4n) is 2.65. The molecule has 2 heterocycles. The maximum absolute atomic E-state index is 14.0. The van der Waals surface area contributed by atoms with Crippen LogP contribution >= 0.6 is 12.4 Å². The van der Waals surface area contributed by atoms with Crippen molar-refractivity contribution in [2.75, 3.05) is 0 Å². The van der Waals surface area contributed by atoms with Crippen molar-refractivity contribution in [1.82, 2.24) is 15.0 Å². The molecule has 9 nitrogen and oxygen atoms in total. The lowest BCUT2D eigenvalue weighted by Gasteiger charge is -2.10. The van der Waals surface area contributed by atoms with E-state index in [4.69, 9.17) is 21.3 Å². The number of hydrogen-bond acceptors (Lipinski definition) is 7. The smallest absolute Gasteiger partial charge is 0.304 e. The Labute approximate surface area is 182 Å². The number of halogens is 2. The van der Waals surface area contributed by atoms with Crippen molar-refractivity contribution < 1.29 is 23.8 Å². The Bertz CT molecular complexity index is 1080. The summed E-state index contributed by atoms with van der Waals surface area (Å²) in [5.41, 5.74) is 12.7. The van der Waals surface area contributed by atoms with Crippen LogP contribution in [0.5, 0.6) is 11.6 Å². The molecule has 1 atom stereocenters. The molecule has 0 aliphatic rings. The monoisotopic (exact) mass is 447 g/mol. The Morgan fingerprint density at radius 3 is 2.48 bits per heavy atom. The van der Waals surface area contributed by atoms with E-state index in [1.807, 2.05) is 0 Å². The zero-order valence-corrected chi connectivity index (χ0v) is 16.9. The molecule has 11 heteroatoms. The van der Waals surface area contributed by atoms with Gasteiger partial charge in [0.15, 0.2) is 5.82 Å². The maximum Gasteiger partial charge on any atom is 0.304 e. The summed E-state index contributed by atoms with van der Waals surface area (Å²) in [6, 6.07) is 7.00. The predicted molar refractivity (Wildman–Crippen MR) is 111 cm³/mol. The van der Waals surface area contributed by atoms with Crippen molar-refractivity contribution in [3.8, 4) is 22.9 Å². The van der Waals surface area contributed by atoms with Crippen molar-refractivity contribution in [3.63, 3.8) is 0 Å². The lowest BCUT2D eigenvalue weighted by atomic mass is 10.1. The summed E-state index contributed by atoms with van der Waals surface area (Å²) in [6.45, 7) is 0. The molecular formula is C20H19ClFN5O4. The first kappa shape index (κ1) is 23.6. The normalized spacial score (nSPS) is 11.3. The van der Waals surface area contributed by atoms with Gasteiger partial charge in [0.2, 0.25) is 5.91 Å². The van der Waals surface area contributed by atoms with Crippen LogP contribution in [0.2, 0.25) is 0 Å².